The van der Waals surface area contributed by atoms with Crippen molar-refractivity contribution < 1.29 is 18.7 Å². The maximum atomic E-state index is 12.3. The number of hydrogen-bond acceptors (Lipinski definition) is 4. The van der Waals surface area contributed by atoms with Crippen molar-refractivity contribution >= 4 is 11.0 Å². The summed E-state index contributed by atoms with van der Waals surface area (Å²) in [4.78, 5) is 11.0. The number of rotatable bonds is 3. The molecule has 1 aromatic carbocycles. The lowest BCUT2D eigenvalue weighted by atomic mass is 10.2. The number of phenolic OH excluding ortho intramolecular Hbond substituents is 1. The molecule has 0 saturated heterocycles. The van der Waals surface area contributed by atoms with Crippen molar-refractivity contribution in [3.8, 4) is 11.5 Å². The maximum Gasteiger partial charge on any atom is 0.336 e. The molecule has 0 aliphatic carbocycles. The van der Waals surface area contributed by atoms with E-state index in [4.69, 9.17) is 9.15 Å². The Morgan fingerprint density at radius 1 is 1.47 bits per heavy atom. The predicted molar refractivity (Wildman–Crippen MR) is 60.2 cm³/mol. The second-order valence-corrected chi connectivity index (χ2v) is 3.69. The predicted octanol–water partition coefficient (Wildman–Crippen LogP) is 2.24. The molecule has 0 amide bonds. The van der Waals surface area contributed by atoms with Crippen molar-refractivity contribution in [2.75, 3.05) is 6.67 Å². The van der Waals surface area contributed by atoms with Crippen LogP contribution in [0.15, 0.2) is 33.5 Å². The van der Waals surface area contributed by atoms with Crippen molar-refractivity contribution in [3.63, 3.8) is 0 Å². The summed E-state index contributed by atoms with van der Waals surface area (Å²) in [7, 11) is 0. The van der Waals surface area contributed by atoms with Gasteiger partial charge in [0.2, 0.25) is 0 Å². The zero-order chi connectivity index (χ0) is 12.4. The van der Waals surface area contributed by atoms with E-state index >= 15 is 0 Å². The number of halogens is 1. The monoisotopic (exact) mass is 238 g/mol. The fourth-order valence-electron chi connectivity index (χ4n) is 1.43. The number of phenols is 1. The van der Waals surface area contributed by atoms with E-state index in [0.717, 1.165) is 0 Å². The molecule has 1 heterocycles. The first-order chi connectivity index (χ1) is 8.10. The van der Waals surface area contributed by atoms with E-state index in [1.807, 2.05) is 0 Å². The number of alkyl halides is 1. The Hall–Kier alpha value is -2.04. The average molecular weight is 238 g/mol. The highest BCUT2D eigenvalue weighted by Crippen LogP contribution is 2.31. The molecule has 0 saturated carbocycles. The van der Waals surface area contributed by atoms with Crippen LogP contribution in [0.4, 0.5) is 4.39 Å². The van der Waals surface area contributed by atoms with E-state index in [9.17, 15) is 14.3 Å². The van der Waals surface area contributed by atoms with Gasteiger partial charge in [0.05, 0.1) is 0 Å². The lowest BCUT2D eigenvalue weighted by molar-refractivity contribution is 0.176. The van der Waals surface area contributed by atoms with Gasteiger partial charge in [0.1, 0.15) is 18.4 Å². The molecule has 90 valence electrons. The Morgan fingerprint density at radius 2 is 2.24 bits per heavy atom. The summed E-state index contributed by atoms with van der Waals surface area (Å²) in [6.07, 6.45) is -0.672. The van der Waals surface area contributed by atoms with Gasteiger partial charge >= 0.3 is 5.63 Å². The van der Waals surface area contributed by atoms with Gasteiger partial charge < -0.3 is 14.3 Å². The normalized spacial score (nSPS) is 12.6. The van der Waals surface area contributed by atoms with Crippen molar-refractivity contribution in [2.45, 2.75) is 13.0 Å². The highest BCUT2D eigenvalue weighted by Gasteiger charge is 2.10. The van der Waals surface area contributed by atoms with Crippen molar-refractivity contribution in [1.82, 2.24) is 0 Å². The summed E-state index contributed by atoms with van der Waals surface area (Å²) >= 11 is 0. The topological polar surface area (TPSA) is 59.7 Å². The number of fused-ring (bicyclic) bond motifs is 1. The molecule has 0 bridgehead atoms. The first kappa shape index (κ1) is 11.4. The fraction of sp³-hybridized carbons (Fsp3) is 0.250. The van der Waals surface area contributed by atoms with E-state index in [0.29, 0.717) is 5.39 Å². The van der Waals surface area contributed by atoms with Gasteiger partial charge in [0.25, 0.3) is 0 Å². The third-order valence-corrected chi connectivity index (χ3v) is 2.25. The SMILES string of the molecule is CC(CF)Oc1cc2oc(=O)ccc2cc1O. The van der Waals surface area contributed by atoms with Crippen molar-refractivity contribution in [1.29, 1.82) is 0 Å². The zero-order valence-electron chi connectivity index (χ0n) is 9.14. The zero-order valence-corrected chi connectivity index (χ0v) is 9.14. The second kappa shape index (κ2) is 4.45. The van der Waals surface area contributed by atoms with Crippen LogP contribution < -0.4 is 10.4 Å². The third-order valence-electron chi connectivity index (χ3n) is 2.25. The lowest BCUT2D eigenvalue weighted by Gasteiger charge is -2.12. The van der Waals surface area contributed by atoms with Crippen LogP contribution in [0.25, 0.3) is 11.0 Å². The summed E-state index contributed by atoms with van der Waals surface area (Å²) in [6.45, 7) is 0.862. The quantitative estimate of drug-likeness (QED) is 0.833. The Morgan fingerprint density at radius 3 is 2.94 bits per heavy atom. The first-order valence-corrected chi connectivity index (χ1v) is 5.09. The van der Waals surface area contributed by atoms with Crippen molar-refractivity contribution in [3.05, 3.63) is 34.7 Å². The molecule has 2 aromatic rings. The van der Waals surface area contributed by atoms with Crippen LogP contribution >= 0.6 is 0 Å². The molecule has 0 fully saturated rings. The lowest BCUT2D eigenvalue weighted by Crippen LogP contribution is -2.13. The Kier molecular flexibility index (Phi) is 2.99. The molecular weight excluding hydrogens is 227 g/mol. The van der Waals surface area contributed by atoms with E-state index < -0.39 is 18.4 Å². The average Bonchev–Trinajstić information content (AvgIpc) is 2.30. The Bertz CT molecular complexity index is 591. The molecule has 17 heavy (non-hydrogen) atoms. The number of ether oxygens (including phenoxy) is 1. The summed E-state index contributed by atoms with van der Waals surface area (Å²) < 4.78 is 22.4. The maximum absolute atomic E-state index is 12.3. The van der Waals surface area contributed by atoms with Gasteiger partial charge in [-0.1, -0.05) is 0 Å². The van der Waals surface area contributed by atoms with E-state index in [1.54, 1.807) is 0 Å². The molecule has 0 aliphatic rings. The molecule has 4 nitrogen and oxygen atoms in total. The van der Waals surface area contributed by atoms with Gasteiger partial charge in [-0.3, -0.25) is 0 Å². The molecular formula is C12H11FO4. The highest BCUT2D eigenvalue weighted by atomic mass is 19.1. The molecule has 1 N–H and O–H groups in total. The Labute approximate surface area is 96.2 Å². The molecule has 5 heteroatoms. The second-order valence-electron chi connectivity index (χ2n) is 3.69. The minimum absolute atomic E-state index is 0.0944. The van der Waals surface area contributed by atoms with Crippen LogP contribution in [0.2, 0.25) is 0 Å². The molecule has 0 radical (unpaired) electrons. The van der Waals surface area contributed by atoms with E-state index in [1.165, 1.54) is 31.2 Å². The van der Waals surface area contributed by atoms with Crippen LogP contribution in [0, 0.1) is 0 Å². The van der Waals surface area contributed by atoms with Crippen LogP contribution in [0.5, 0.6) is 11.5 Å². The molecule has 1 aromatic heterocycles. The fourth-order valence-corrected chi connectivity index (χ4v) is 1.43. The van der Waals surface area contributed by atoms with Crippen LogP contribution in [0.1, 0.15) is 6.92 Å². The van der Waals surface area contributed by atoms with Gasteiger partial charge in [0.15, 0.2) is 11.5 Å². The van der Waals surface area contributed by atoms with E-state index in [-0.39, 0.29) is 17.1 Å². The molecule has 0 spiro atoms. The summed E-state index contributed by atoms with van der Waals surface area (Å²) in [5, 5.41) is 10.2. The minimum atomic E-state index is -0.672. The molecule has 1 atom stereocenters. The largest absolute Gasteiger partial charge is 0.504 e. The minimum Gasteiger partial charge on any atom is -0.504 e. The third kappa shape index (κ3) is 2.38. The van der Waals surface area contributed by atoms with Gasteiger partial charge in [0, 0.05) is 17.5 Å². The van der Waals surface area contributed by atoms with Crippen molar-refractivity contribution in [2.24, 2.45) is 0 Å². The molecule has 1 unspecified atom stereocenters. The van der Waals surface area contributed by atoms with Crippen LogP contribution in [0.3, 0.4) is 0 Å². The first-order valence-electron chi connectivity index (χ1n) is 5.09. The van der Waals surface area contributed by atoms with Gasteiger partial charge in [-0.05, 0) is 19.1 Å². The van der Waals surface area contributed by atoms with E-state index in [2.05, 4.69) is 0 Å². The molecule has 2 rings (SSSR count). The summed E-state index contributed by atoms with van der Waals surface area (Å²) in [6, 6.07) is 5.56. The van der Waals surface area contributed by atoms with Crippen LogP contribution in [-0.2, 0) is 0 Å². The number of benzene rings is 1. The molecule has 0 aliphatic heterocycles. The van der Waals surface area contributed by atoms with Gasteiger partial charge in [-0.25, -0.2) is 9.18 Å². The Balaban J connectivity index is 2.49. The summed E-state index contributed by atoms with van der Waals surface area (Å²) in [5.41, 5.74) is -0.205. The van der Waals surface area contributed by atoms with Gasteiger partial charge in [-0.2, -0.15) is 0 Å². The van der Waals surface area contributed by atoms with Crippen LogP contribution in [-0.4, -0.2) is 17.9 Å². The highest BCUT2D eigenvalue weighted by molar-refractivity contribution is 5.80. The van der Waals surface area contributed by atoms with Gasteiger partial charge in [-0.15, -0.1) is 0 Å². The number of hydrogen-bond donors (Lipinski definition) is 1. The smallest absolute Gasteiger partial charge is 0.336 e. The summed E-state index contributed by atoms with van der Waals surface area (Å²) in [5.74, 6) is -0.0244. The standard InChI is InChI=1S/C12H11FO4/c1-7(6-13)16-11-5-10-8(4-9(11)14)2-3-12(15)17-10/h2-5,7,14H,6H2,1H3. The number of aromatic hydroxyl groups is 1.